The maximum atomic E-state index is 14.1. The van der Waals surface area contributed by atoms with Crippen LogP contribution in [0.15, 0.2) is 35.9 Å². The molecule has 0 N–H and O–H groups in total. The largest absolute Gasteiger partial charge is 0.488 e. The molecule has 0 aromatic heterocycles. The van der Waals surface area contributed by atoms with Gasteiger partial charge in [-0.25, -0.2) is 4.39 Å². The Morgan fingerprint density at radius 1 is 1.25 bits per heavy atom. The van der Waals surface area contributed by atoms with Crippen molar-refractivity contribution in [3.8, 4) is 11.8 Å². The SMILES string of the molecule is CC(C#N)=CC=C(C)c1ccc(OC(C)(C)C)cc1F. The second kappa shape index (κ2) is 6.38. The highest BCUT2D eigenvalue weighted by molar-refractivity contribution is 5.66. The quantitative estimate of drug-likeness (QED) is 0.581. The molecule has 106 valence electrons. The van der Waals surface area contributed by atoms with E-state index < -0.39 is 0 Å². The first kappa shape index (κ1) is 16.0. The molecular formula is C17H20FNO. The van der Waals surface area contributed by atoms with Gasteiger partial charge in [0.15, 0.2) is 0 Å². The Kier molecular flexibility index (Phi) is 5.10. The fraction of sp³-hybridized carbons (Fsp3) is 0.353. The zero-order valence-electron chi connectivity index (χ0n) is 12.6. The molecule has 1 aromatic rings. The van der Waals surface area contributed by atoms with Gasteiger partial charge in [0.25, 0.3) is 0 Å². The summed E-state index contributed by atoms with van der Waals surface area (Å²) in [4.78, 5) is 0. The van der Waals surface area contributed by atoms with Gasteiger partial charge in [0.2, 0.25) is 0 Å². The van der Waals surface area contributed by atoms with Crippen LogP contribution in [0, 0.1) is 17.1 Å². The van der Waals surface area contributed by atoms with E-state index in [9.17, 15) is 4.39 Å². The predicted molar refractivity (Wildman–Crippen MR) is 79.8 cm³/mol. The fourth-order valence-electron chi connectivity index (χ4n) is 1.61. The van der Waals surface area contributed by atoms with Crippen LogP contribution in [0.5, 0.6) is 5.75 Å². The molecule has 0 saturated heterocycles. The number of benzene rings is 1. The highest BCUT2D eigenvalue weighted by atomic mass is 19.1. The first-order valence-electron chi connectivity index (χ1n) is 6.47. The summed E-state index contributed by atoms with van der Waals surface area (Å²) in [6.45, 7) is 9.27. The van der Waals surface area contributed by atoms with Crippen LogP contribution < -0.4 is 4.74 Å². The summed E-state index contributed by atoms with van der Waals surface area (Å²) in [5.41, 5.74) is 1.50. The standard InChI is InChI=1S/C17H20FNO/c1-12(11-19)6-7-13(2)15-9-8-14(10-16(15)18)20-17(3,4)5/h6-10H,1-5H3. The number of nitrogens with zero attached hydrogens (tertiary/aromatic N) is 1. The lowest BCUT2D eigenvalue weighted by atomic mass is 10.1. The maximum Gasteiger partial charge on any atom is 0.134 e. The average molecular weight is 273 g/mol. The molecule has 1 rings (SSSR count). The second-order valence-electron chi connectivity index (χ2n) is 5.67. The van der Waals surface area contributed by atoms with E-state index >= 15 is 0 Å². The molecule has 0 aliphatic heterocycles. The van der Waals surface area contributed by atoms with Crippen LogP contribution in [0.3, 0.4) is 0 Å². The van der Waals surface area contributed by atoms with Gasteiger partial charge in [-0.1, -0.05) is 6.08 Å². The smallest absolute Gasteiger partial charge is 0.134 e. The number of hydrogen-bond acceptors (Lipinski definition) is 2. The third kappa shape index (κ3) is 4.89. The van der Waals surface area contributed by atoms with Crippen molar-refractivity contribution >= 4 is 5.57 Å². The Hall–Kier alpha value is -2.08. The van der Waals surface area contributed by atoms with Gasteiger partial charge in [-0.15, -0.1) is 0 Å². The van der Waals surface area contributed by atoms with E-state index in [1.54, 1.807) is 31.2 Å². The van der Waals surface area contributed by atoms with Crippen molar-refractivity contribution in [3.63, 3.8) is 0 Å². The molecule has 0 atom stereocenters. The van der Waals surface area contributed by atoms with Crippen LogP contribution in [-0.4, -0.2) is 5.60 Å². The molecule has 0 unspecified atom stereocenters. The topological polar surface area (TPSA) is 33.0 Å². The van der Waals surface area contributed by atoms with E-state index in [4.69, 9.17) is 10.00 Å². The lowest BCUT2D eigenvalue weighted by Gasteiger charge is -2.21. The van der Waals surface area contributed by atoms with Crippen molar-refractivity contribution in [3.05, 3.63) is 47.3 Å². The van der Waals surface area contributed by atoms with Crippen LogP contribution in [0.4, 0.5) is 4.39 Å². The first-order chi connectivity index (χ1) is 9.23. The van der Waals surface area contributed by atoms with Crippen LogP contribution in [0.25, 0.3) is 5.57 Å². The minimum atomic E-state index is -0.356. The molecule has 2 nitrogen and oxygen atoms in total. The summed E-state index contributed by atoms with van der Waals surface area (Å²) in [5, 5.41) is 8.68. The van der Waals surface area contributed by atoms with E-state index in [0.29, 0.717) is 16.9 Å². The third-order valence-electron chi connectivity index (χ3n) is 2.55. The normalized spacial score (nSPS) is 13.1. The Balaban J connectivity index is 3.02. The van der Waals surface area contributed by atoms with Gasteiger partial charge in [0, 0.05) is 17.2 Å². The predicted octanol–water partition coefficient (Wildman–Crippen LogP) is 4.88. The molecule has 0 saturated carbocycles. The molecular weight excluding hydrogens is 253 g/mol. The Labute approximate surface area is 120 Å². The minimum absolute atomic E-state index is 0.330. The van der Waals surface area contributed by atoms with Gasteiger partial charge in [0.05, 0.1) is 6.07 Å². The molecule has 0 spiro atoms. The summed E-state index contributed by atoms with van der Waals surface area (Å²) in [6.07, 6.45) is 3.41. The molecule has 0 aliphatic carbocycles. The number of nitriles is 1. The Morgan fingerprint density at radius 3 is 2.40 bits per heavy atom. The summed E-state index contributed by atoms with van der Waals surface area (Å²) in [7, 11) is 0. The van der Waals surface area contributed by atoms with Gasteiger partial charge < -0.3 is 4.74 Å². The molecule has 0 aliphatic rings. The second-order valence-corrected chi connectivity index (χ2v) is 5.67. The molecule has 0 radical (unpaired) electrons. The van der Waals surface area contributed by atoms with Crippen molar-refractivity contribution < 1.29 is 9.13 Å². The fourth-order valence-corrected chi connectivity index (χ4v) is 1.61. The zero-order valence-corrected chi connectivity index (χ0v) is 12.6. The minimum Gasteiger partial charge on any atom is -0.488 e. The number of halogens is 1. The Bertz CT molecular complexity index is 586. The van der Waals surface area contributed by atoms with Gasteiger partial charge >= 0.3 is 0 Å². The van der Waals surface area contributed by atoms with Crippen LogP contribution >= 0.6 is 0 Å². The summed E-state index contributed by atoms with van der Waals surface area (Å²) < 4.78 is 19.7. The van der Waals surface area contributed by atoms with Gasteiger partial charge in [-0.05, 0) is 58.4 Å². The zero-order chi connectivity index (χ0) is 15.3. The number of ether oxygens (including phenoxy) is 1. The first-order valence-corrected chi connectivity index (χ1v) is 6.47. The van der Waals surface area contributed by atoms with Crippen molar-refractivity contribution in [2.45, 2.75) is 40.2 Å². The number of hydrogen-bond donors (Lipinski definition) is 0. The molecule has 1 aromatic carbocycles. The van der Waals surface area contributed by atoms with E-state index in [0.717, 1.165) is 5.57 Å². The van der Waals surface area contributed by atoms with Crippen molar-refractivity contribution in [2.75, 3.05) is 0 Å². The lowest BCUT2D eigenvalue weighted by Crippen LogP contribution is -2.23. The monoisotopic (exact) mass is 273 g/mol. The molecule has 3 heteroatoms. The van der Waals surface area contributed by atoms with E-state index in [1.165, 1.54) is 6.07 Å². The number of allylic oxidation sites excluding steroid dienone is 4. The number of rotatable bonds is 3. The molecule has 0 bridgehead atoms. The highest BCUT2D eigenvalue weighted by Crippen LogP contribution is 2.25. The van der Waals surface area contributed by atoms with E-state index in [1.807, 2.05) is 33.8 Å². The molecule has 20 heavy (non-hydrogen) atoms. The van der Waals surface area contributed by atoms with E-state index in [-0.39, 0.29) is 11.4 Å². The molecule has 0 fully saturated rings. The van der Waals surface area contributed by atoms with E-state index in [2.05, 4.69) is 0 Å². The van der Waals surface area contributed by atoms with Crippen molar-refractivity contribution in [1.82, 2.24) is 0 Å². The lowest BCUT2D eigenvalue weighted by molar-refractivity contribution is 0.130. The van der Waals surface area contributed by atoms with Crippen LogP contribution in [0.2, 0.25) is 0 Å². The van der Waals surface area contributed by atoms with Gasteiger partial charge in [0.1, 0.15) is 17.2 Å². The highest BCUT2D eigenvalue weighted by Gasteiger charge is 2.13. The van der Waals surface area contributed by atoms with Crippen LogP contribution in [0.1, 0.15) is 40.2 Å². The van der Waals surface area contributed by atoms with Crippen LogP contribution in [-0.2, 0) is 0 Å². The van der Waals surface area contributed by atoms with Crippen molar-refractivity contribution in [1.29, 1.82) is 5.26 Å². The van der Waals surface area contributed by atoms with Gasteiger partial charge in [-0.2, -0.15) is 5.26 Å². The average Bonchev–Trinajstić information content (AvgIpc) is 2.33. The summed E-state index contributed by atoms with van der Waals surface area (Å²) in [6, 6.07) is 6.86. The Morgan fingerprint density at radius 2 is 1.90 bits per heavy atom. The molecule has 0 amide bonds. The van der Waals surface area contributed by atoms with Gasteiger partial charge in [-0.3, -0.25) is 0 Å². The maximum absolute atomic E-state index is 14.1. The third-order valence-corrected chi connectivity index (χ3v) is 2.55. The summed E-state index contributed by atoms with van der Waals surface area (Å²) >= 11 is 0. The molecule has 0 heterocycles. The van der Waals surface area contributed by atoms with Crippen molar-refractivity contribution in [2.24, 2.45) is 0 Å². The summed E-state index contributed by atoms with van der Waals surface area (Å²) in [5.74, 6) is 0.179.